The molecule has 3 heteroatoms. The Labute approximate surface area is 78.3 Å². The van der Waals surface area contributed by atoms with Crippen LogP contribution in [-0.2, 0) is 0 Å². The zero-order valence-corrected chi connectivity index (χ0v) is 7.42. The lowest BCUT2D eigenvalue weighted by atomic mass is 10.3. The van der Waals surface area contributed by atoms with Gasteiger partial charge < -0.3 is 10.4 Å². The Kier molecular flexibility index (Phi) is 5.93. The lowest BCUT2D eigenvalue weighted by Gasteiger charge is -2.00. The van der Waals surface area contributed by atoms with Crippen LogP contribution in [-0.4, -0.2) is 11.7 Å². The third-order valence-corrected chi connectivity index (χ3v) is 1.30. The van der Waals surface area contributed by atoms with Gasteiger partial charge in [-0.1, -0.05) is 18.2 Å². The van der Waals surface area contributed by atoms with E-state index in [2.05, 4.69) is 5.32 Å². The van der Waals surface area contributed by atoms with Crippen LogP contribution >= 0.6 is 12.4 Å². The fraction of sp³-hybridized carbons (Fsp3) is 0.111. The van der Waals surface area contributed by atoms with Crippen LogP contribution in [0, 0.1) is 0 Å². The standard InChI is InChI=1S/C9H11NO.ClH/c11-8-4-7-10-9-5-2-1-3-6-9;/h1-6,8,10-11H,7H2;1H. The number of hydrogen-bond acceptors (Lipinski definition) is 2. The Balaban J connectivity index is 0.00000121. The Morgan fingerprint density at radius 3 is 2.50 bits per heavy atom. The van der Waals surface area contributed by atoms with Crippen LogP contribution in [0.25, 0.3) is 0 Å². The number of aliphatic hydroxyl groups is 1. The molecule has 12 heavy (non-hydrogen) atoms. The average molecular weight is 186 g/mol. The van der Waals surface area contributed by atoms with E-state index < -0.39 is 0 Å². The van der Waals surface area contributed by atoms with Gasteiger partial charge in [-0.15, -0.1) is 12.4 Å². The second-order valence-corrected chi connectivity index (χ2v) is 2.13. The fourth-order valence-corrected chi connectivity index (χ4v) is 0.785. The molecule has 0 aliphatic rings. The lowest BCUT2D eigenvalue weighted by molar-refractivity contribution is 0.472. The summed E-state index contributed by atoms with van der Waals surface area (Å²) in [6.07, 6.45) is 2.68. The van der Waals surface area contributed by atoms with Gasteiger partial charge in [-0.2, -0.15) is 0 Å². The molecule has 0 aromatic heterocycles. The summed E-state index contributed by atoms with van der Waals surface area (Å²) in [5.74, 6) is 0. The molecule has 2 N–H and O–H groups in total. The van der Waals surface area contributed by atoms with Crippen molar-refractivity contribution in [2.24, 2.45) is 0 Å². The Bertz CT molecular complexity index is 223. The van der Waals surface area contributed by atoms with Crippen LogP contribution in [0.2, 0.25) is 0 Å². The molecule has 0 heterocycles. The minimum atomic E-state index is 0. The smallest absolute Gasteiger partial charge is 0.0769 e. The molecular formula is C9H12ClNO. The van der Waals surface area contributed by atoms with Gasteiger partial charge in [-0.25, -0.2) is 0 Å². The van der Waals surface area contributed by atoms with Crippen molar-refractivity contribution in [2.75, 3.05) is 11.9 Å². The van der Waals surface area contributed by atoms with Gasteiger partial charge in [0.2, 0.25) is 0 Å². The van der Waals surface area contributed by atoms with Crippen molar-refractivity contribution in [1.82, 2.24) is 0 Å². The second-order valence-electron chi connectivity index (χ2n) is 2.13. The highest BCUT2D eigenvalue weighted by molar-refractivity contribution is 5.85. The quantitative estimate of drug-likeness (QED) is 0.710. The molecule has 0 amide bonds. The summed E-state index contributed by atoms with van der Waals surface area (Å²) in [5.41, 5.74) is 1.06. The van der Waals surface area contributed by atoms with Crippen LogP contribution in [0.1, 0.15) is 0 Å². The van der Waals surface area contributed by atoms with Gasteiger partial charge in [-0.3, -0.25) is 0 Å². The van der Waals surface area contributed by atoms with Crippen molar-refractivity contribution in [3.8, 4) is 0 Å². The summed E-state index contributed by atoms with van der Waals surface area (Å²) < 4.78 is 0. The number of rotatable bonds is 3. The number of halogens is 1. The van der Waals surface area contributed by atoms with Gasteiger partial charge in [0, 0.05) is 12.2 Å². The Morgan fingerprint density at radius 1 is 1.25 bits per heavy atom. The van der Waals surface area contributed by atoms with Gasteiger partial charge in [-0.05, 0) is 18.2 Å². The molecule has 0 unspecified atom stereocenters. The first-order valence-electron chi connectivity index (χ1n) is 3.51. The monoisotopic (exact) mass is 185 g/mol. The number of para-hydroxylation sites is 1. The maximum absolute atomic E-state index is 8.32. The first-order valence-corrected chi connectivity index (χ1v) is 3.51. The third kappa shape index (κ3) is 3.88. The second kappa shape index (κ2) is 6.55. The Morgan fingerprint density at radius 2 is 1.92 bits per heavy atom. The highest BCUT2D eigenvalue weighted by Crippen LogP contribution is 2.03. The first-order chi connectivity index (χ1) is 5.43. The summed E-state index contributed by atoms with van der Waals surface area (Å²) in [4.78, 5) is 0. The number of aliphatic hydroxyl groups excluding tert-OH is 1. The topological polar surface area (TPSA) is 32.3 Å². The highest BCUT2D eigenvalue weighted by atomic mass is 35.5. The molecule has 1 aromatic carbocycles. The number of nitrogens with one attached hydrogen (secondary N) is 1. The van der Waals surface area contributed by atoms with Crippen molar-refractivity contribution in [1.29, 1.82) is 0 Å². The van der Waals surface area contributed by atoms with Gasteiger partial charge in [0.15, 0.2) is 0 Å². The molecule has 0 fully saturated rings. The molecule has 0 aliphatic carbocycles. The largest absolute Gasteiger partial charge is 0.516 e. The first kappa shape index (κ1) is 10.8. The van der Waals surface area contributed by atoms with Gasteiger partial charge in [0.05, 0.1) is 6.26 Å². The summed E-state index contributed by atoms with van der Waals surface area (Å²) >= 11 is 0. The van der Waals surface area contributed by atoms with Gasteiger partial charge in [0.1, 0.15) is 0 Å². The Hall–Kier alpha value is -1.15. The molecule has 0 spiro atoms. The molecule has 0 saturated heterocycles. The molecule has 0 radical (unpaired) electrons. The molecule has 0 atom stereocenters. The molecule has 1 rings (SSSR count). The summed E-state index contributed by atoms with van der Waals surface area (Å²) in [5, 5.41) is 11.4. The number of hydrogen-bond donors (Lipinski definition) is 2. The van der Waals surface area contributed by atoms with E-state index in [9.17, 15) is 0 Å². The third-order valence-electron chi connectivity index (χ3n) is 1.30. The molecule has 66 valence electrons. The van der Waals surface area contributed by atoms with Crippen LogP contribution in [0.15, 0.2) is 42.7 Å². The fourth-order valence-electron chi connectivity index (χ4n) is 0.785. The van der Waals surface area contributed by atoms with Crippen LogP contribution < -0.4 is 5.32 Å². The van der Waals surface area contributed by atoms with Crippen molar-refractivity contribution in [2.45, 2.75) is 0 Å². The number of anilines is 1. The van der Waals surface area contributed by atoms with E-state index in [-0.39, 0.29) is 12.4 Å². The average Bonchev–Trinajstić information content (AvgIpc) is 2.07. The normalized spacial score (nSPS) is 9.33. The van der Waals surface area contributed by atoms with E-state index in [1.165, 1.54) is 0 Å². The van der Waals surface area contributed by atoms with Crippen molar-refractivity contribution in [3.63, 3.8) is 0 Å². The molecule has 1 aromatic rings. The maximum Gasteiger partial charge on any atom is 0.0769 e. The van der Waals surface area contributed by atoms with Gasteiger partial charge in [0.25, 0.3) is 0 Å². The predicted molar refractivity (Wildman–Crippen MR) is 53.9 cm³/mol. The highest BCUT2D eigenvalue weighted by Gasteiger charge is 1.83. The number of benzene rings is 1. The summed E-state index contributed by atoms with van der Waals surface area (Å²) in [6.45, 7) is 0.653. The van der Waals surface area contributed by atoms with Crippen molar-refractivity contribution < 1.29 is 5.11 Å². The van der Waals surface area contributed by atoms with E-state index in [1.807, 2.05) is 30.3 Å². The van der Waals surface area contributed by atoms with Crippen LogP contribution in [0.4, 0.5) is 5.69 Å². The van der Waals surface area contributed by atoms with Crippen molar-refractivity contribution in [3.05, 3.63) is 42.7 Å². The zero-order valence-electron chi connectivity index (χ0n) is 6.60. The molecule has 0 aliphatic heterocycles. The molecule has 2 nitrogen and oxygen atoms in total. The van der Waals surface area contributed by atoms with Crippen LogP contribution in [0.3, 0.4) is 0 Å². The maximum atomic E-state index is 8.32. The van der Waals surface area contributed by atoms with Crippen molar-refractivity contribution >= 4 is 18.1 Å². The van der Waals surface area contributed by atoms with E-state index >= 15 is 0 Å². The van der Waals surface area contributed by atoms with E-state index in [0.29, 0.717) is 6.54 Å². The molecule has 0 bridgehead atoms. The van der Waals surface area contributed by atoms with E-state index in [1.54, 1.807) is 6.08 Å². The zero-order chi connectivity index (χ0) is 7.94. The van der Waals surface area contributed by atoms with Crippen LogP contribution in [0.5, 0.6) is 0 Å². The SMILES string of the molecule is Cl.OC=CCNc1ccccc1. The minimum absolute atomic E-state index is 0. The lowest BCUT2D eigenvalue weighted by Crippen LogP contribution is -1.96. The van der Waals surface area contributed by atoms with E-state index in [4.69, 9.17) is 5.11 Å². The van der Waals surface area contributed by atoms with E-state index in [0.717, 1.165) is 11.9 Å². The minimum Gasteiger partial charge on any atom is -0.516 e. The van der Waals surface area contributed by atoms with Gasteiger partial charge >= 0.3 is 0 Å². The predicted octanol–water partition coefficient (Wildman–Crippen LogP) is 2.59. The molecular weight excluding hydrogens is 174 g/mol. The molecule has 0 saturated carbocycles. The summed E-state index contributed by atoms with van der Waals surface area (Å²) in [6, 6.07) is 9.85. The summed E-state index contributed by atoms with van der Waals surface area (Å²) in [7, 11) is 0.